The number of ether oxygens (including phenoxy) is 2. The molecule has 0 N–H and O–H groups in total. The van der Waals surface area contributed by atoms with Gasteiger partial charge in [-0.1, -0.05) is 18.2 Å². The highest BCUT2D eigenvalue weighted by Gasteiger charge is 2.47. The Kier molecular flexibility index (Phi) is 5.38. The highest BCUT2D eigenvalue weighted by atomic mass is 19.1. The molecule has 142 valence electrons. The zero-order valence-electron chi connectivity index (χ0n) is 15.0. The van der Waals surface area contributed by atoms with E-state index in [2.05, 4.69) is 9.80 Å². The third kappa shape index (κ3) is 3.84. The maximum atomic E-state index is 13.9. The highest BCUT2D eigenvalue weighted by molar-refractivity contribution is 5.71. The number of fused-ring (bicyclic) bond motifs is 1. The van der Waals surface area contributed by atoms with Crippen LogP contribution in [0.5, 0.6) is 0 Å². The van der Waals surface area contributed by atoms with E-state index >= 15 is 0 Å². The Morgan fingerprint density at radius 1 is 1.08 bits per heavy atom. The average molecular weight is 363 g/mol. The second-order valence-electron chi connectivity index (χ2n) is 7.28. The van der Waals surface area contributed by atoms with E-state index in [0.717, 1.165) is 45.8 Å². The van der Waals surface area contributed by atoms with Gasteiger partial charge in [0.25, 0.3) is 0 Å². The maximum Gasteiger partial charge on any atom is 0.410 e. The molecule has 3 heterocycles. The first-order valence-electron chi connectivity index (χ1n) is 9.44. The molecule has 0 spiro atoms. The Morgan fingerprint density at radius 2 is 1.88 bits per heavy atom. The van der Waals surface area contributed by atoms with Gasteiger partial charge < -0.3 is 14.4 Å². The molecule has 1 amide bonds. The van der Waals surface area contributed by atoms with Crippen molar-refractivity contribution in [3.8, 4) is 0 Å². The van der Waals surface area contributed by atoms with Crippen molar-refractivity contribution in [2.75, 3.05) is 52.5 Å². The van der Waals surface area contributed by atoms with Gasteiger partial charge in [-0.25, -0.2) is 9.18 Å². The molecule has 3 fully saturated rings. The largest absolute Gasteiger partial charge is 0.442 e. The smallest absolute Gasteiger partial charge is 0.410 e. The van der Waals surface area contributed by atoms with E-state index < -0.39 is 0 Å². The minimum absolute atomic E-state index is 0.0824. The van der Waals surface area contributed by atoms with Crippen LogP contribution >= 0.6 is 0 Å². The molecule has 1 aromatic carbocycles. The Labute approximate surface area is 153 Å². The normalized spacial score (nSPS) is 27.0. The van der Waals surface area contributed by atoms with Crippen LogP contribution in [0, 0.1) is 5.82 Å². The Morgan fingerprint density at radius 3 is 2.69 bits per heavy atom. The van der Waals surface area contributed by atoms with Gasteiger partial charge in [0, 0.05) is 51.4 Å². The van der Waals surface area contributed by atoms with Crippen molar-refractivity contribution in [2.45, 2.75) is 25.1 Å². The second kappa shape index (κ2) is 7.90. The fourth-order valence-electron chi connectivity index (χ4n) is 4.12. The van der Waals surface area contributed by atoms with Gasteiger partial charge in [-0.05, 0) is 12.5 Å². The first-order chi connectivity index (χ1) is 12.7. The number of hydrogen-bond donors (Lipinski definition) is 0. The molecule has 26 heavy (non-hydrogen) atoms. The summed E-state index contributed by atoms with van der Waals surface area (Å²) in [7, 11) is 0. The monoisotopic (exact) mass is 363 g/mol. The van der Waals surface area contributed by atoms with Crippen LogP contribution in [-0.4, -0.2) is 85.4 Å². The Bertz CT molecular complexity index is 638. The quantitative estimate of drug-likeness (QED) is 0.767. The van der Waals surface area contributed by atoms with Crippen LogP contribution in [0.2, 0.25) is 0 Å². The molecule has 0 unspecified atom stereocenters. The summed E-state index contributed by atoms with van der Waals surface area (Å²) in [5.74, 6) is -0.177. The summed E-state index contributed by atoms with van der Waals surface area (Å²) in [4.78, 5) is 18.6. The molecule has 0 bridgehead atoms. The summed E-state index contributed by atoms with van der Waals surface area (Å²) in [6.07, 6.45) is 0.635. The van der Waals surface area contributed by atoms with Crippen LogP contribution in [0.1, 0.15) is 12.0 Å². The molecule has 3 aliphatic heterocycles. The van der Waals surface area contributed by atoms with Gasteiger partial charge in [0.2, 0.25) is 0 Å². The summed E-state index contributed by atoms with van der Waals surface area (Å²) in [6.45, 7) is 7.17. The van der Waals surface area contributed by atoms with E-state index in [4.69, 9.17) is 9.47 Å². The number of hydrogen-bond acceptors (Lipinski definition) is 5. The molecule has 2 atom stereocenters. The number of rotatable bonds is 6. The molecule has 7 heteroatoms. The number of likely N-dealkylation sites (tertiary alicyclic amines) is 1. The molecule has 0 aliphatic carbocycles. The lowest BCUT2D eigenvalue weighted by Crippen LogP contribution is -2.41. The molecular formula is C19H26FN3O3. The van der Waals surface area contributed by atoms with Gasteiger partial charge in [0.15, 0.2) is 0 Å². The molecule has 3 saturated heterocycles. The van der Waals surface area contributed by atoms with Gasteiger partial charge in [-0.15, -0.1) is 0 Å². The molecule has 0 aromatic heterocycles. The summed E-state index contributed by atoms with van der Waals surface area (Å²) in [5.41, 5.74) is 0.692. The van der Waals surface area contributed by atoms with Gasteiger partial charge in [-0.3, -0.25) is 9.80 Å². The van der Waals surface area contributed by atoms with Crippen molar-refractivity contribution in [3.63, 3.8) is 0 Å². The SMILES string of the molecule is O=C1O[C@@H]2CN(Cc3ccccc3F)C[C@@H]2N1CCCN1CCOCC1. The van der Waals surface area contributed by atoms with Gasteiger partial charge in [-0.2, -0.15) is 0 Å². The lowest BCUT2D eigenvalue weighted by Gasteiger charge is -2.28. The predicted molar refractivity (Wildman–Crippen MR) is 94.3 cm³/mol. The predicted octanol–water partition coefficient (Wildman–Crippen LogP) is 1.55. The second-order valence-corrected chi connectivity index (χ2v) is 7.28. The fraction of sp³-hybridized carbons (Fsp3) is 0.632. The van der Waals surface area contributed by atoms with Crippen LogP contribution in [0.15, 0.2) is 24.3 Å². The van der Waals surface area contributed by atoms with Crippen molar-refractivity contribution in [1.29, 1.82) is 0 Å². The van der Waals surface area contributed by atoms with Crippen LogP contribution < -0.4 is 0 Å². The van der Waals surface area contributed by atoms with E-state index in [-0.39, 0.29) is 24.1 Å². The summed E-state index contributed by atoms with van der Waals surface area (Å²) >= 11 is 0. The lowest BCUT2D eigenvalue weighted by atomic mass is 10.2. The highest BCUT2D eigenvalue weighted by Crippen LogP contribution is 2.28. The van der Waals surface area contributed by atoms with Crippen LogP contribution in [0.3, 0.4) is 0 Å². The first-order valence-corrected chi connectivity index (χ1v) is 9.44. The van der Waals surface area contributed by atoms with Crippen molar-refractivity contribution in [1.82, 2.24) is 14.7 Å². The number of morpholine rings is 1. The lowest BCUT2D eigenvalue weighted by molar-refractivity contribution is 0.0362. The Hall–Kier alpha value is -1.70. The summed E-state index contributed by atoms with van der Waals surface area (Å²) in [6, 6.07) is 6.95. The zero-order chi connectivity index (χ0) is 17.9. The van der Waals surface area contributed by atoms with E-state index in [1.807, 2.05) is 17.0 Å². The number of halogens is 1. The van der Waals surface area contributed by atoms with Gasteiger partial charge in [0.05, 0.1) is 19.3 Å². The topological polar surface area (TPSA) is 45.2 Å². The average Bonchev–Trinajstić information content (AvgIpc) is 3.15. The van der Waals surface area contributed by atoms with E-state index in [9.17, 15) is 9.18 Å². The molecule has 0 radical (unpaired) electrons. The van der Waals surface area contributed by atoms with Gasteiger partial charge in [0.1, 0.15) is 11.9 Å². The van der Waals surface area contributed by atoms with Gasteiger partial charge >= 0.3 is 6.09 Å². The first kappa shape index (κ1) is 17.7. The van der Waals surface area contributed by atoms with Crippen molar-refractivity contribution >= 4 is 6.09 Å². The van der Waals surface area contributed by atoms with Crippen LogP contribution in [0.25, 0.3) is 0 Å². The van der Waals surface area contributed by atoms with Crippen molar-refractivity contribution in [2.24, 2.45) is 0 Å². The number of carbonyl (C=O) groups excluding carboxylic acids is 1. The summed E-state index contributed by atoms with van der Waals surface area (Å²) in [5, 5.41) is 0. The zero-order valence-corrected chi connectivity index (χ0v) is 15.0. The van der Waals surface area contributed by atoms with E-state index in [0.29, 0.717) is 25.2 Å². The number of amides is 1. The minimum atomic E-state index is -0.201. The molecule has 6 nitrogen and oxygen atoms in total. The molecule has 3 aliphatic rings. The summed E-state index contributed by atoms with van der Waals surface area (Å²) < 4.78 is 24.8. The van der Waals surface area contributed by atoms with E-state index in [1.54, 1.807) is 6.07 Å². The van der Waals surface area contributed by atoms with Crippen LogP contribution in [0.4, 0.5) is 9.18 Å². The molecule has 4 rings (SSSR count). The van der Waals surface area contributed by atoms with E-state index in [1.165, 1.54) is 6.07 Å². The minimum Gasteiger partial charge on any atom is -0.442 e. The van der Waals surface area contributed by atoms with Crippen molar-refractivity contribution < 1.29 is 18.7 Å². The molecule has 1 aromatic rings. The number of benzene rings is 1. The number of nitrogens with zero attached hydrogens (tertiary/aromatic N) is 3. The molecule has 0 saturated carbocycles. The third-order valence-electron chi connectivity index (χ3n) is 5.53. The van der Waals surface area contributed by atoms with Crippen LogP contribution in [-0.2, 0) is 16.0 Å². The fourth-order valence-corrected chi connectivity index (χ4v) is 4.12. The van der Waals surface area contributed by atoms with Crippen molar-refractivity contribution in [3.05, 3.63) is 35.6 Å². The standard InChI is InChI=1S/C19H26FN3O3/c20-16-5-2-1-4-15(16)12-22-13-17-18(14-22)26-19(24)23(17)7-3-6-21-8-10-25-11-9-21/h1-2,4-5,17-18H,3,6-14H2/t17-,18+/m0/s1. The molecular weight excluding hydrogens is 337 g/mol. The Balaban J connectivity index is 1.29. The number of carbonyl (C=O) groups is 1. The maximum absolute atomic E-state index is 13.9. The third-order valence-corrected chi connectivity index (χ3v) is 5.53.